The van der Waals surface area contributed by atoms with Crippen LogP contribution < -0.4 is 0 Å². The van der Waals surface area contributed by atoms with Crippen molar-refractivity contribution in [2.24, 2.45) is 0 Å². The Morgan fingerprint density at radius 3 is 2.61 bits per heavy atom. The largest absolute Gasteiger partial charge is 0.340 e. The van der Waals surface area contributed by atoms with Crippen molar-refractivity contribution in [3.8, 4) is 0 Å². The number of carbonyl (C=O) groups excluding carboxylic acids is 1. The average Bonchev–Trinajstić information content (AvgIpc) is 2.36. The van der Waals surface area contributed by atoms with Gasteiger partial charge in [0.25, 0.3) is 0 Å². The second-order valence-corrected chi connectivity index (χ2v) is 5.29. The maximum atomic E-state index is 13.4. The molecule has 0 radical (unpaired) electrons. The van der Waals surface area contributed by atoms with Crippen LogP contribution in [0.5, 0.6) is 0 Å². The highest BCUT2D eigenvalue weighted by Crippen LogP contribution is 2.22. The molecule has 18 heavy (non-hydrogen) atoms. The summed E-state index contributed by atoms with van der Waals surface area (Å²) in [5.41, 5.74) is 0.950. The van der Waals surface area contributed by atoms with Gasteiger partial charge < -0.3 is 4.90 Å². The molecule has 98 valence electrons. The second kappa shape index (κ2) is 5.80. The van der Waals surface area contributed by atoms with Crippen molar-refractivity contribution in [2.45, 2.75) is 13.5 Å². The maximum absolute atomic E-state index is 13.4. The molecule has 1 aliphatic rings. The Morgan fingerprint density at radius 1 is 1.33 bits per heavy atom. The molecule has 5 heteroatoms. The van der Waals surface area contributed by atoms with Gasteiger partial charge in [0.1, 0.15) is 5.82 Å². The summed E-state index contributed by atoms with van der Waals surface area (Å²) in [5, 5.41) is 0. The molecule has 0 aromatic heterocycles. The molecule has 0 unspecified atom stereocenters. The van der Waals surface area contributed by atoms with Gasteiger partial charge in [-0.1, -0.05) is 12.1 Å². The Morgan fingerprint density at radius 2 is 2.00 bits per heavy atom. The summed E-state index contributed by atoms with van der Waals surface area (Å²) in [6.45, 7) is 5.48. The Kier molecular flexibility index (Phi) is 4.35. The fraction of sp³-hybridized carbons (Fsp3) is 0.462. The predicted octanol–water partition coefficient (Wildman–Crippen LogP) is 2.25. The number of hydrogen-bond donors (Lipinski definition) is 0. The highest BCUT2D eigenvalue weighted by Gasteiger charge is 2.19. The van der Waals surface area contributed by atoms with Crippen LogP contribution in [0.2, 0.25) is 0 Å². The monoisotopic (exact) mass is 314 g/mol. The van der Waals surface area contributed by atoms with Crippen LogP contribution >= 0.6 is 15.9 Å². The average molecular weight is 315 g/mol. The van der Waals surface area contributed by atoms with Gasteiger partial charge in [0.15, 0.2) is 0 Å². The van der Waals surface area contributed by atoms with E-state index in [1.165, 1.54) is 6.07 Å². The molecule has 1 aromatic rings. The predicted molar refractivity (Wildman–Crippen MR) is 71.6 cm³/mol. The summed E-state index contributed by atoms with van der Waals surface area (Å²) in [4.78, 5) is 15.3. The van der Waals surface area contributed by atoms with Crippen molar-refractivity contribution in [1.82, 2.24) is 9.80 Å². The number of carbonyl (C=O) groups is 1. The first-order valence-corrected chi connectivity index (χ1v) is 6.78. The Hall–Kier alpha value is -0.940. The first kappa shape index (κ1) is 13.5. The molecule has 0 bridgehead atoms. The molecule has 3 nitrogen and oxygen atoms in total. The topological polar surface area (TPSA) is 23.6 Å². The SMILES string of the molecule is CC(=O)N1CCN(Cc2cccc(F)c2Br)CC1. The van der Waals surface area contributed by atoms with Crippen LogP contribution in [-0.2, 0) is 11.3 Å². The minimum Gasteiger partial charge on any atom is -0.340 e. The zero-order valence-electron chi connectivity index (χ0n) is 10.3. The first-order valence-electron chi connectivity index (χ1n) is 5.98. The Bertz CT molecular complexity index is 445. The Labute approximate surface area is 115 Å². The molecule has 1 aromatic carbocycles. The van der Waals surface area contributed by atoms with Crippen LogP contribution in [0.3, 0.4) is 0 Å². The van der Waals surface area contributed by atoms with E-state index in [0.29, 0.717) is 11.0 Å². The summed E-state index contributed by atoms with van der Waals surface area (Å²) in [6.07, 6.45) is 0. The third-order valence-corrected chi connectivity index (χ3v) is 4.13. The molecule has 0 atom stereocenters. The van der Waals surface area contributed by atoms with E-state index >= 15 is 0 Å². The van der Waals surface area contributed by atoms with Crippen LogP contribution in [0, 0.1) is 5.82 Å². The molecule has 1 amide bonds. The lowest BCUT2D eigenvalue weighted by atomic mass is 10.2. The summed E-state index contributed by atoms with van der Waals surface area (Å²) < 4.78 is 13.9. The standard InChI is InChI=1S/C13H16BrFN2O/c1-10(18)17-7-5-16(6-8-17)9-11-3-2-4-12(15)13(11)14/h2-4H,5-9H2,1H3. The van der Waals surface area contributed by atoms with Crippen molar-refractivity contribution in [1.29, 1.82) is 0 Å². The van der Waals surface area contributed by atoms with Crippen LogP contribution in [0.4, 0.5) is 4.39 Å². The number of hydrogen-bond acceptors (Lipinski definition) is 2. The van der Waals surface area contributed by atoms with E-state index in [1.54, 1.807) is 13.0 Å². The van der Waals surface area contributed by atoms with E-state index in [1.807, 2.05) is 11.0 Å². The van der Waals surface area contributed by atoms with E-state index in [0.717, 1.165) is 31.7 Å². The zero-order valence-corrected chi connectivity index (χ0v) is 11.9. The van der Waals surface area contributed by atoms with Gasteiger partial charge in [-0.15, -0.1) is 0 Å². The number of nitrogens with zero attached hydrogens (tertiary/aromatic N) is 2. The van der Waals surface area contributed by atoms with E-state index in [2.05, 4.69) is 20.8 Å². The molecular formula is C13H16BrFN2O. The van der Waals surface area contributed by atoms with E-state index in [4.69, 9.17) is 0 Å². The number of rotatable bonds is 2. The number of halogens is 2. The number of benzene rings is 1. The first-order chi connectivity index (χ1) is 8.58. The zero-order chi connectivity index (χ0) is 13.1. The normalized spacial score (nSPS) is 16.9. The third kappa shape index (κ3) is 3.09. The van der Waals surface area contributed by atoms with Crippen LogP contribution in [-0.4, -0.2) is 41.9 Å². The van der Waals surface area contributed by atoms with Crippen molar-refractivity contribution in [2.75, 3.05) is 26.2 Å². The van der Waals surface area contributed by atoms with Gasteiger partial charge in [0, 0.05) is 39.6 Å². The van der Waals surface area contributed by atoms with E-state index in [9.17, 15) is 9.18 Å². The third-order valence-electron chi connectivity index (χ3n) is 3.24. The lowest BCUT2D eigenvalue weighted by molar-refractivity contribution is -0.130. The number of amides is 1. The minimum absolute atomic E-state index is 0.126. The van der Waals surface area contributed by atoms with Gasteiger partial charge >= 0.3 is 0 Å². The van der Waals surface area contributed by atoms with Gasteiger partial charge in [0.2, 0.25) is 5.91 Å². The molecule has 0 saturated carbocycles. The summed E-state index contributed by atoms with van der Waals surface area (Å²) >= 11 is 3.28. The fourth-order valence-corrected chi connectivity index (χ4v) is 2.52. The molecule has 0 aliphatic carbocycles. The summed E-state index contributed by atoms with van der Waals surface area (Å²) in [7, 11) is 0. The van der Waals surface area contributed by atoms with Gasteiger partial charge in [-0.3, -0.25) is 9.69 Å². The summed E-state index contributed by atoms with van der Waals surface area (Å²) in [6, 6.07) is 5.09. The lowest BCUT2D eigenvalue weighted by Crippen LogP contribution is -2.47. The fourth-order valence-electron chi connectivity index (χ4n) is 2.13. The summed E-state index contributed by atoms with van der Waals surface area (Å²) in [5.74, 6) is -0.101. The molecule has 1 saturated heterocycles. The second-order valence-electron chi connectivity index (χ2n) is 4.50. The quantitative estimate of drug-likeness (QED) is 0.836. The van der Waals surface area contributed by atoms with E-state index < -0.39 is 0 Å². The molecule has 0 spiro atoms. The molecule has 1 fully saturated rings. The van der Waals surface area contributed by atoms with Crippen molar-refractivity contribution >= 4 is 21.8 Å². The van der Waals surface area contributed by atoms with Crippen LogP contribution in [0.25, 0.3) is 0 Å². The minimum atomic E-state index is -0.227. The molecule has 1 aliphatic heterocycles. The van der Waals surface area contributed by atoms with Gasteiger partial charge in [-0.2, -0.15) is 0 Å². The Balaban J connectivity index is 1.96. The van der Waals surface area contributed by atoms with Gasteiger partial charge in [-0.25, -0.2) is 4.39 Å². The van der Waals surface area contributed by atoms with Gasteiger partial charge in [-0.05, 0) is 27.6 Å². The van der Waals surface area contributed by atoms with Crippen molar-refractivity contribution < 1.29 is 9.18 Å². The highest BCUT2D eigenvalue weighted by atomic mass is 79.9. The lowest BCUT2D eigenvalue weighted by Gasteiger charge is -2.34. The highest BCUT2D eigenvalue weighted by molar-refractivity contribution is 9.10. The van der Waals surface area contributed by atoms with Crippen LogP contribution in [0.15, 0.2) is 22.7 Å². The van der Waals surface area contributed by atoms with Gasteiger partial charge in [0.05, 0.1) is 4.47 Å². The van der Waals surface area contributed by atoms with Crippen LogP contribution in [0.1, 0.15) is 12.5 Å². The van der Waals surface area contributed by atoms with E-state index in [-0.39, 0.29) is 11.7 Å². The smallest absolute Gasteiger partial charge is 0.219 e. The van der Waals surface area contributed by atoms with Crippen molar-refractivity contribution in [3.63, 3.8) is 0 Å². The van der Waals surface area contributed by atoms with Crippen molar-refractivity contribution in [3.05, 3.63) is 34.1 Å². The molecule has 1 heterocycles. The molecule has 0 N–H and O–H groups in total. The molecule has 2 rings (SSSR count). The molecular weight excluding hydrogens is 299 g/mol. The maximum Gasteiger partial charge on any atom is 0.219 e. The number of piperazine rings is 1.